The smallest absolute Gasteiger partial charge is 0.240 e. The minimum atomic E-state index is -0.358. The quantitative estimate of drug-likeness (QED) is 0.545. The summed E-state index contributed by atoms with van der Waals surface area (Å²) in [5.41, 5.74) is 2.18. The molecular weight excluding hydrogens is 396 g/mol. The third-order valence-corrected chi connectivity index (χ3v) is 6.41. The van der Waals surface area contributed by atoms with Crippen LogP contribution in [0.25, 0.3) is 0 Å². The Bertz CT molecular complexity index is 956. The first-order valence-electron chi connectivity index (χ1n) is 10.3. The van der Waals surface area contributed by atoms with E-state index in [4.69, 9.17) is 4.74 Å². The number of carbonyl (C=O) groups excluding carboxylic acids is 1. The van der Waals surface area contributed by atoms with Gasteiger partial charge >= 0.3 is 0 Å². The minimum absolute atomic E-state index is 0.102. The summed E-state index contributed by atoms with van der Waals surface area (Å²) in [5.74, 6) is 1.02. The standard InChI is InChI=1S/C23H26N4O2S/c1-2-27-20(17-18-9-5-3-6-10-18)24-25-23(27)30-21(19-11-7-4-8-12-19)22(28)26-13-15-29-16-14-26/h3-12,21H,2,13-17H2,1H3/t21-/m0/s1. The molecule has 4 rings (SSSR count). The van der Waals surface area contributed by atoms with Crippen LogP contribution in [0.1, 0.15) is 29.1 Å². The van der Waals surface area contributed by atoms with Crippen LogP contribution in [0, 0.1) is 0 Å². The van der Waals surface area contributed by atoms with Crippen molar-refractivity contribution >= 4 is 17.7 Å². The van der Waals surface area contributed by atoms with Crippen LogP contribution in [0.2, 0.25) is 0 Å². The number of ether oxygens (including phenoxy) is 1. The second-order valence-electron chi connectivity index (χ2n) is 7.15. The molecule has 6 nitrogen and oxygen atoms in total. The average molecular weight is 423 g/mol. The molecule has 2 heterocycles. The van der Waals surface area contributed by atoms with Crippen LogP contribution in [0.5, 0.6) is 0 Å². The van der Waals surface area contributed by atoms with E-state index in [9.17, 15) is 4.79 Å². The van der Waals surface area contributed by atoms with Crippen LogP contribution >= 0.6 is 11.8 Å². The lowest BCUT2D eigenvalue weighted by atomic mass is 10.1. The second-order valence-corrected chi connectivity index (χ2v) is 8.22. The van der Waals surface area contributed by atoms with Crippen molar-refractivity contribution in [3.8, 4) is 0 Å². The van der Waals surface area contributed by atoms with E-state index in [-0.39, 0.29) is 11.2 Å². The van der Waals surface area contributed by atoms with Crippen LogP contribution in [0.15, 0.2) is 65.8 Å². The largest absolute Gasteiger partial charge is 0.378 e. The predicted molar refractivity (Wildman–Crippen MR) is 117 cm³/mol. The Balaban J connectivity index is 1.60. The summed E-state index contributed by atoms with van der Waals surface area (Å²) in [6.45, 7) is 5.27. The van der Waals surface area contributed by atoms with E-state index in [1.54, 1.807) is 0 Å². The number of carbonyl (C=O) groups is 1. The fourth-order valence-corrected chi connectivity index (χ4v) is 4.78. The van der Waals surface area contributed by atoms with Crippen LogP contribution < -0.4 is 0 Å². The summed E-state index contributed by atoms with van der Waals surface area (Å²) in [5, 5.41) is 9.32. The van der Waals surface area contributed by atoms with Crippen molar-refractivity contribution in [2.75, 3.05) is 26.3 Å². The van der Waals surface area contributed by atoms with E-state index in [1.807, 2.05) is 53.4 Å². The molecule has 0 bridgehead atoms. The Hall–Kier alpha value is -2.64. The fraction of sp³-hybridized carbons (Fsp3) is 0.348. The minimum Gasteiger partial charge on any atom is -0.378 e. The van der Waals surface area contributed by atoms with Crippen molar-refractivity contribution in [2.24, 2.45) is 0 Å². The number of hydrogen-bond acceptors (Lipinski definition) is 5. The molecule has 7 heteroatoms. The normalized spacial score (nSPS) is 15.2. The van der Waals surface area contributed by atoms with Crippen molar-refractivity contribution in [2.45, 2.75) is 30.3 Å². The Morgan fingerprint density at radius 1 is 1.03 bits per heavy atom. The van der Waals surface area contributed by atoms with E-state index in [1.165, 1.54) is 17.3 Å². The van der Waals surface area contributed by atoms with Gasteiger partial charge in [-0.15, -0.1) is 10.2 Å². The zero-order valence-electron chi connectivity index (χ0n) is 17.1. The molecule has 0 unspecified atom stereocenters. The summed E-state index contributed by atoms with van der Waals surface area (Å²) < 4.78 is 7.53. The Labute approximate surface area is 181 Å². The summed E-state index contributed by atoms with van der Waals surface area (Å²) in [6.07, 6.45) is 0.718. The molecule has 156 valence electrons. The first-order valence-corrected chi connectivity index (χ1v) is 11.2. The van der Waals surface area contributed by atoms with E-state index >= 15 is 0 Å². The molecule has 1 amide bonds. The van der Waals surface area contributed by atoms with Gasteiger partial charge in [-0.25, -0.2) is 0 Å². The number of thioether (sulfide) groups is 1. The maximum Gasteiger partial charge on any atom is 0.240 e. The molecule has 2 aromatic carbocycles. The first kappa shape index (κ1) is 20.6. The van der Waals surface area contributed by atoms with E-state index in [0.29, 0.717) is 26.3 Å². The molecule has 1 aromatic heterocycles. The molecule has 1 fully saturated rings. The predicted octanol–water partition coefficient (Wildman–Crippen LogP) is 3.58. The lowest BCUT2D eigenvalue weighted by molar-refractivity contribution is -0.134. The van der Waals surface area contributed by atoms with Gasteiger partial charge in [0.1, 0.15) is 11.1 Å². The third-order valence-electron chi connectivity index (χ3n) is 5.19. The topological polar surface area (TPSA) is 60.2 Å². The highest BCUT2D eigenvalue weighted by Crippen LogP contribution is 2.36. The number of amides is 1. The number of nitrogens with zero attached hydrogens (tertiary/aromatic N) is 4. The van der Waals surface area contributed by atoms with Gasteiger partial charge in [-0.3, -0.25) is 4.79 Å². The van der Waals surface area contributed by atoms with E-state index in [0.717, 1.165) is 29.5 Å². The molecule has 1 aliphatic heterocycles. The third kappa shape index (κ3) is 4.74. The van der Waals surface area contributed by atoms with Gasteiger partial charge in [0, 0.05) is 26.1 Å². The number of hydrogen-bond donors (Lipinski definition) is 0. The van der Waals surface area contributed by atoms with Crippen LogP contribution in [-0.4, -0.2) is 51.9 Å². The zero-order valence-corrected chi connectivity index (χ0v) is 17.9. The lowest BCUT2D eigenvalue weighted by Gasteiger charge is -2.30. The Kier molecular flexibility index (Phi) is 6.81. The Morgan fingerprint density at radius 2 is 1.70 bits per heavy atom. The van der Waals surface area contributed by atoms with Crippen LogP contribution in [0.4, 0.5) is 0 Å². The summed E-state index contributed by atoms with van der Waals surface area (Å²) in [7, 11) is 0. The van der Waals surface area contributed by atoms with Crippen molar-refractivity contribution in [1.29, 1.82) is 0 Å². The molecular formula is C23H26N4O2S. The highest BCUT2D eigenvalue weighted by atomic mass is 32.2. The van der Waals surface area contributed by atoms with Gasteiger partial charge in [-0.1, -0.05) is 72.4 Å². The number of morpholine rings is 1. The molecule has 30 heavy (non-hydrogen) atoms. The van der Waals surface area contributed by atoms with Crippen LogP contribution in [0.3, 0.4) is 0 Å². The lowest BCUT2D eigenvalue weighted by Crippen LogP contribution is -2.42. The van der Waals surface area contributed by atoms with Gasteiger partial charge in [0.2, 0.25) is 5.91 Å². The maximum atomic E-state index is 13.4. The molecule has 0 spiro atoms. The SMILES string of the molecule is CCn1c(Cc2ccccc2)nnc1S[C@H](C(=O)N1CCOCC1)c1ccccc1. The number of aromatic nitrogens is 3. The molecule has 0 N–H and O–H groups in total. The van der Waals surface area contributed by atoms with Gasteiger partial charge in [0.05, 0.1) is 13.2 Å². The summed E-state index contributed by atoms with van der Waals surface area (Å²) >= 11 is 1.48. The zero-order chi connectivity index (χ0) is 20.8. The van der Waals surface area contributed by atoms with E-state index in [2.05, 4.69) is 33.8 Å². The maximum absolute atomic E-state index is 13.4. The molecule has 0 radical (unpaired) electrons. The van der Waals surface area contributed by atoms with Crippen LogP contribution in [-0.2, 0) is 22.5 Å². The Morgan fingerprint density at radius 3 is 2.37 bits per heavy atom. The van der Waals surface area contributed by atoms with Gasteiger partial charge in [-0.2, -0.15) is 0 Å². The number of rotatable bonds is 7. The van der Waals surface area contributed by atoms with Gasteiger partial charge in [0.25, 0.3) is 0 Å². The molecule has 1 aliphatic rings. The average Bonchev–Trinajstić information content (AvgIpc) is 3.19. The molecule has 1 atom stereocenters. The summed E-state index contributed by atoms with van der Waals surface area (Å²) in [6, 6.07) is 20.2. The molecule has 0 aliphatic carbocycles. The van der Waals surface area contributed by atoms with Crippen molar-refractivity contribution < 1.29 is 9.53 Å². The van der Waals surface area contributed by atoms with Crippen molar-refractivity contribution in [3.63, 3.8) is 0 Å². The van der Waals surface area contributed by atoms with Gasteiger partial charge in [0.15, 0.2) is 5.16 Å². The van der Waals surface area contributed by atoms with Gasteiger partial charge < -0.3 is 14.2 Å². The van der Waals surface area contributed by atoms with Gasteiger partial charge in [-0.05, 0) is 18.1 Å². The van der Waals surface area contributed by atoms with Crippen molar-refractivity contribution in [1.82, 2.24) is 19.7 Å². The van der Waals surface area contributed by atoms with Crippen molar-refractivity contribution in [3.05, 3.63) is 77.6 Å². The fourth-order valence-electron chi connectivity index (χ4n) is 3.58. The molecule has 3 aromatic rings. The van der Waals surface area contributed by atoms with E-state index < -0.39 is 0 Å². The second kappa shape index (κ2) is 9.91. The molecule has 1 saturated heterocycles. The number of benzene rings is 2. The monoisotopic (exact) mass is 422 g/mol. The highest BCUT2D eigenvalue weighted by molar-refractivity contribution is 8.00. The summed E-state index contributed by atoms with van der Waals surface area (Å²) in [4.78, 5) is 15.3. The highest BCUT2D eigenvalue weighted by Gasteiger charge is 2.30. The molecule has 0 saturated carbocycles. The first-order chi connectivity index (χ1) is 14.8.